The van der Waals surface area contributed by atoms with Crippen LogP contribution >= 0.6 is 23.2 Å². The molecule has 0 aliphatic heterocycles. The molecular weight excluding hydrogens is 249 g/mol. The van der Waals surface area contributed by atoms with Crippen LogP contribution in [0.2, 0.25) is 10.0 Å². The van der Waals surface area contributed by atoms with E-state index in [1.165, 1.54) is 6.08 Å². The van der Waals surface area contributed by atoms with Gasteiger partial charge in [-0.1, -0.05) is 29.3 Å². The molecule has 0 aliphatic carbocycles. The van der Waals surface area contributed by atoms with Crippen molar-refractivity contribution in [3.05, 3.63) is 33.8 Å². The van der Waals surface area contributed by atoms with Gasteiger partial charge in [-0.15, -0.1) is 0 Å². The summed E-state index contributed by atoms with van der Waals surface area (Å²) in [5, 5.41) is 9.27. The molecule has 0 saturated carbocycles. The number of aliphatic carboxylic acids is 1. The first-order valence-corrected chi connectivity index (χ1v) is 5.25. The Kier molecular flexibility index (Phi) is 4.21. The van der Waals surface area contributed by atoms with Gasteiger partial charge in [-0.3, -0.25) is 0 Å². The van der Waals surface area contributed by atoms with Crippen molar-refractivity contribution < 1.29 is 9.90 Å². The van der Waals surface area contributed by atoms with E-state index < -0.39 is 5.97 Å². The molecule has 1 aromatic rings. The summed E-state index contributed by atoms with van der Waals surface area (Å²) in [6.45, 7) is 0. The second-order valence-electron chi connectivity index (χ2n) is 3.37. The van der Waals surface area contributed by atoms with Crippen LogP contribution in [0.1, 0.15) is 5.56 Å². The van der Waals surface area contributed by atoms with Crippen molar-refractivity contribution in [2.45, 2.75) is 0 Å². The number of hydrogen-bond donors (Lipinski definition) is 1. The molecule has 0 amide bonds. The monoisotopic (exact) mass is 259 g/mol. The highest BCUT2D eigenvalue weighted by atomic mass is 35.5. The molecule has 0 heterocycles. The molecule has 3 nitrogen and oxygen atoms in total. The number of carboxylic acids is 1. The van der Waals surface area contributed by atoms with Gasteiger partial charge >= 0.3 is 5.97 Å². The lowest BCUT2D eigenvalue weighted by Crippen LogP contribution is -2.09. The summed E-state index contributed by atoms with van der Waals surface area (Å²) in [7, 11) is 3.70. The van der Waals surface area contributed by atoms with Gasteiger partial charge in [0.2, 0.25) is 0 Å². The molecule has 0 aromatic heterocycles. The van der Waals surface area contributed by atoms with Crippen molar-refractivity contribution in [2.75, 3.05) is 19.0 Å². The average Bonchev–Trinajstić information content (AvgIpc) is 2.19. The van der Waals surface area contributed by atoms with Crippen molar-refractivity contribution in [1.29, 1.82) is 0 Å². The lowest BCUT2D eigenvalue weighted by atomic mass is 10.2. The van der Waals surface area contributed by atoms with Crippen LogP contribution in [0, 0.1) is 0 Å². The van der Waals surface area contributed by atoms with E-state index in [1.54, 1.807) is 12.1 Å². The summed E-state index contributed by atoms with van der Waals surface area (Å²) in [5.41, 5.74) is 1.37. The van der Waals surface area contributed by atoms with Crippen molar-refractivity contribution in [1.82, 2.24) is 0 Å². The topological polar surface area (TPSA) is 40.5 Å². The molecule has 16 heavy (non-hydrogen) atoms. The molecule has 5 heteroatoms. The highest BCUT2D eigenvalue weighted by Crippen LogP contribution is 2.34. The standard InChI is InChI=1S/C11H11Cl2NO2/c1-14(2)8-5-3-7(4-6-9(15)16)10(12)11(8)13/h3-6H,1-2H3,(H,15,16). The first kappa shape index (κ1) is 12.9. The number of halogens is 2. The number of benzene rings is 1. The van der Waals surface area contributed by atoms with Gasteiger partial charge in [0.05, 0.1) is 15.7 Å². The van der Waals surface area contributed by atoms with Gasteiger partial charge < -0.3 is 10.0 Å². The maximum Gasteiger partial charge on any atom is 0.328 e. The molecule has 0 saturated heterocycles. The zero-order valence-corrected chi connectivity index (χ0v) is 10.4. The minimum atomic E-state index is -1.02. The molecule has 1 N–H and O–H groups in total. The van der Waals surface area contributed by atoms with Gasteiger partial charge in [0.25, 0.3) is 0 Å². The molecule has 0 fully saturated rings. The van der Waals surface area contributed by atoms with Crippen molar-refractivity contribution >= 4 is 40.9 Å². The molecule has 0 bridgehead atoms. The largest absolute Gasteiger partial charge is 0.478 e. The second kappa shape index (κ2) is 5.23. The van der Waals surface area contributed by atoms with Gasteiger partial charge in [0.15, 0.2) is 0 Å². The quantitative estimate of drug-likeness (QED) is 0.848. The van der Waals surface area contributed by atoms with Crippen LogP contribution in [0.3, 0.4) is 0 Å². The lowest BCUT2D eigenvalue weighted by Gasteiger charge is -2.15. The predicted octanol–water partition coefficient (Wildman–Crippen LogP) is 3.16. The minimum Gasteiger partial charge on any atom is -0.478 e. The highest BCUT2D eigenvalue weighted by Gasteiger charge is 2.09. The molecule has 0 spiro atoms. The van der Waals surface area contributed by atoms with Crippen LogP contribution in [0.4, 0.5) is 5.69 Å². The molecule has 1 rings (SSSR count). The van der Waals surface area contributed by atoms with Gasteiger partial charge in [-0.2, -0.15) is 0 Å². The first-order chi connectivity index (χ1) is 7.43. The number of rotatable bonds is 3. The maximum absolute atomic E-state index is 10.4. The first-order valence-electron chi connectivity index (χ1n) is 4.50. The van der Waals surface area contributed by atoms with Crippen LogP contribution in [-0.2, 0) is 4.79 Å². The molecular formula is C11H11Cl2NO2. The smallest absolute Gasteiger partial charge is 0.328 e. The fourth-order valence-electron chi connectivity index (χ4n) is 1.19. The number of carboxylic acid groups (broad SMARTS) is 1. The number of carbonyl (C=O) groups is 1. The number of hydrogen-bond acceptors (Lipinski definition) is 2. The summed E-state index contributed by atoms with van der Waals surface area (Å²) < 4.78 is 0. The Morgan fingerprint density at radius 3 is 2.44 bits per heavy atom. The molecule has 0 radical (unpaired) electrons. The van der Waals surface area contributed by atoms with E-state index in [0.717, 1.165) is 11.8 Å². The Morgan fingerprint density at radius 2 is 1.94 bits per heavy atom. The fourth-order valence-corrected chi connectivity index (χ4v) is 1.75. The van der Waals surface area contributed by atoms with E-state index in [9.17, 15) is 4.79 Å². The SMILES string of the molecule is CN(C)c1ccc(C=CC(=O)O)c(Cl)c1Cl. The van der Waals surface area contributed by atoms with E-state index >= 15 is 0 Å². The van der Waals surface area contributed by atoms with Gasteiger partial charge in [0, 0.05) is 20.2 Å². The lowest BCUT2D eigenvalue weighted by molar-refractivity contribution is -0.131. The van der Waals surface area contributed by atoms with Gasteiger partial charge in [-0.05, 0) is 17.7 Å². The normalized spacial score (nSPS) is 10.8. The van der Waals surface area contributed by atoms with Crippen LogP contribution in [0.15, 0.2) is 18.2 Å². The third-order valence-corrected chi connectivity index (χ3v) is 2.87. The fraction of sp³-hybridized carbons (Fsp3) is 0.182. The van der Waals surface area contributed by atoms with Crippen molar-refractivity contribution in [3.63, 3.8) is 0 Å². The minimum absolute atomic E-state index is 0.352. The Morgan fingerprint density at radius 1 is 1.31 bits per heavy atom. The second-order valence-corrected chi connectivity index (χ2v) is 4.12. The average molecular weight is 260 g/mol. The summed E-state index contributed by atoms with van der Waals surface area (Å²) in [6.07, 6.45) is 2.43. The summed E-state index contributed by atoms with van der Waals surface area (Å²) in [6, 6.07) is 3.51. The predicted molar refractivity (Wildman–Crippen MR) is 67.5 cm³/mol. The third-order valence-electron chi connectivity index (χ3n) is 1.98. The van der Waals surface area contributed by atoms with E-state index in [2.05, 4.69) is 0 Å². The molecule has 1 aromatic carbocycles. The van der Waals surface area contributed by atoms with E-state index in [4.69, 9.17) is 28.3 Å². The zero-order valence-electron chi connectivity index (χ0n) is 8.87. The molecule has 0 aliphatic rings. The number of nitrogens with zero attached hydrogens (tertiary/aromatic N) is 1. The van der Waals surface area contributed by atoms with Crippen LogP contribution in [0.5, 0.6) is 0 Å². The molecule has 0 atom stereocenters. The Labute approximate surface area is 104 Å². The molecule has 86 valence electrons. The van der Waals surface area contributed by atoms with E-state index in [0.29, 0.717) is 15.6 Å². The summed E-state index contributed by atoms with van der Waals surface area (Å²) in [5.74, 6) is -1.02. The van der Waals surface area contributed by atoms with Crippen molar-refractivity contribution in [2.24, 2.45) is 0 Å². The Bertz CT molecular complexity index is 442. The van der Waals surface area contributed by atoms with Gasteiger partial charge in [-0.25, -0.2) is 4.79 Å². The number of anilines is 1. The Balaban J connectivity index is 3.17. The Hall–Kier alpha value is -1.19. The maximum atomic E-state index is 10.4. The van der Waals surface area contributed by atoms with Crippen molar-refractivity contribution in [3.8, 4) is 0 Å². The van der Waals surface area contributed by atoms with Gasteiger partial charge in [0.1, 0.15) is 0 Å². The summed E-state index contributed by atoms with van der Waals surface area (Å²) in [4.78, 5) is 12.2. The van der Waals surface area contributed by atoms with Crippen LogP contribution in [-0.4, -0.2) is 25.2 Å². The zero-order chi connectivity index (χ0) is 12.3. The van der Waals surface area contributed by atoms with E-state index in [-0.39, 0.29) is 0 Å². The third kappa shape index (κ3) is 2.90. The van der Waals surface area contributed by atoms with E-state index in [1.807, 2.05) is 19.0 Å². The molecule has 0 unspecified atom stereocenters. The van der Waals surface area contributed by atoms with Crippen LogP contribution < -0.4 is 4.90 Å². The van der Waals surface area contributed by atoms with Crippen LogP contribution in [0.25, 0.3) is 6.08 Å². The highest BCUT2D eigenvalue weighted by molar-refractivity contribution is 6.44. The summed E-state index contributed by atoms with van der Waals surface area (Å²) >= 11 is 12.1.